The minimum atomic E-state index is -1.16. The lowest BCUT2D eigenvalue weighted by molar-refractivity contribution is 0.341. The molecule has 172 valence electrons. The van der Waals surface area contributed by atoms with Crippen LogP contribution in [0, 0.1) is 11.6 Å². The molecule has 1 saturated heterocycles. The largest absolute Gasteiger partial charge is 0.346 e. The van der Waals surface area contributed by atoms with Crippen LogP contribution < -0.4 is 0 Å². The van der Waals surface area contributed by atoms with Gasteiger partial charge in [-0.2, -0.15) is 5.10 Å². The van der Waals surface area contributed by atoms with Crippen LogP contribution in [0.2, 0.25) is 0 Å². The van der Waals surface area contributed by atoms with Gasteiger partial charge in [0.25, 0.3) is 0 Å². The third kappa shape index (κ3) is 4.25. The second kappa shape index (κ2) is 8.62. The lowest BCUT2D eigenvalue weighted by atomic mass is 10.0. The minimum absolute atomic E-state index is 0.0750. The fourth-order valence-electron chi connectivity index (χ4n) is 4.47. The van der Waals surface area contributed by atoms with Crippen LogP contribution in [0.3, 0.4) is 0 Å². The number of likely N-dealkylation sites (N-methyl/N-ethyl adjacent to an activating group) is 1. The second-order valence-corrected chi connectivity index (χ2v) is 8.82. The summed E-state index contributed by atoms with van der Waals surface area (Å²) in [7, 11) is 4.03. The van der Waals surface area contributed by atoms with Gasteiger partial charge in [-0.3, -0.25) is 14.7 Å². The van der Waals surface area contributed by atoms with Crippen LogP contribution in [-0.2, 0) is 13.1 Å². The van der Waals surface area contributed by atoms with Gasteiger partial charge in [-0.1, -0.05) is 0 Å². The summed E-state index contributed by atoms with van der Waals surface area (Å²) in [5.41, 5.74) is 3.54. The van der Waals surface area contributed by atoms with E-state index in [1.54, 1.807) is 17.3 Å². The molecule has 2 aliphatic heterocycles. The first-order chi connectivity index (χ1) is 15.9. The first-order valence-corrected chi connectivity index (χ1v) is 11.0. The molecule has 0 N–H and O–H groups in total. The average Bonchev–Trinajstić information content (AvgIpc) is 3.51. The Bertz CT molecular complexity index is 1200. The molecule has 3 aromatic rings. The molecule has 2 aliphatic rings. The van der Waals surface area contributed by atoms with Crippen LogP contribution >= 0.6 is 0 Å². The highest BCUT2D eigenvalue weighted by Crippen LogP contribution is 2.38. The predicted molar refractivity (Wildman–Crippen MR) is 120 cm³/mol. The van der Waals surface area contributed by atoms with Crippen LogP contribution in [0.15, 0.2) is 47.8 Å². The third-order valence-corrected chi connectivity index (χ3v) is 6.17. The molecule has 5 rings (SSSR count). The van der Waals surface area contributed by atoms with Crippen molar-refractivity contribution < 1.29 is 13.2 Å². The first kappa shape index (κ1) is 21.6. The number of benzene rings is 1. The SMILES string of the molecule is CN(C)CCn1cc(-c2cnc3c(c2)C(N2C[C@@H](F)C[C@@H]2c2cc(F)ccc2F)=NC3)cn1. The Hall–Kier alpha value is -3.20. The monoisotopic (exact) mass is 454 g/mol. The smallest absolute Gasteiger partial charge is 0.133 e. The summed E-state index contributed by atoms with van der Waals surface area (Å²) in [6.45, 7) is 2.09. The summed E-state index contributed by atoms with van der Waals surface area (Å²) < 4.78 is 44.8. The van der Waals surface area contributed by atoms with E-state index >= 15 is 0 Å². The van der Waals surface area contributed by atoms with Crippen molar-refractivity contribution in [2.75, 3.05) is 27.2 Å². The highest BCUT2D eigenvalue weighted by molar-refractivity contribution is 6.02. The van der Waals surface area contributed by atoms with Crippen molar-refractivity contribution in [2.45, 2.75) is 31.7 Å². The second-order valence-electron chi connectivity index (χ2n) is 8.82. The molecule has 9 heteroatoms. The molecule has 0 saturated carbocycles. The van der Waals surface area contributed by atoms with E-state index in [2.05, 4.69) is 20.0 Å². The average molecular weight is 455 g/mol. The van der Waals surface area contributed by atoms with Crippen LogP contribution in [0.1, 0.15) is 29.3 Å². The number of hydrogen-bond acceptors (Lipinski definition) is 5. The van der Waals surface area contributed by atoms with Crippen molar-refractivity contribution >= 4 is 5.84 Å². The summed E-state index contributed by atoms with van der Waals surface area (Å²) in [6, 6.07) is 4.66. The van der Waals surface area contributed by atoms with Gasteiger partial charge >= 0.3 is 0 Å². The maximum absolute atomic E-state index is 14.5. The number of nitrogens with zero attached hydrogens (tertiary/aromatic N) is 6. The van der Waals surface area contributed by atoms with E-state index in [1.807, 2.05) is 31.0 Å². The van der Waals surface area contributed by atoms with Crippen molar-refractivity contribution in [3.63, 3.8) is 0 Å². The molecule has 1 fully saturated rings. The number of fused-ring (bicyclic) bond motifs is 1. The van der Waals surface area contributed by atoms with Gasteiger partial charge in [0.2, 0.25) is 0 Å². The zero-order chi connectivity index (χ0) is 23.1. The van der Waals surface area contributed by atoms with Gasteiger partial charge in [0.15, 0.2) is 0 Å². The molecule has 2 aromatic heterocycles. The maximum atomic E-state index is 14.5. The zero-order valence-electron chi connectivity index (χ0n) is 18.5. The molecular weight excluding hydrogens is 429 g/mol. The molecule has 0 unspecified atom stereocenters. The van der Waals surface area contributed by atoms with Crippen LogP contribution in [0.4, 0.5) is 13.2 Å². The van der Waals surface area contributed by atoms with Crippen LogP contribution in [-0.4, -0.2) is 63.8 Å². The number of hydrogen-bond donors (Lipinski definition) is 0. The standard InChI is InChI=1S/C24H25F3N6/c1-31(2)5-6-32-13-16(11-30-32)15-7-20-22(28-10-15)12-29-24(20)33-14-18(26)9-23(33)19-8-17(25)3-4-21(19)27/h3-4,7-8,10-11,13,18,23H,5-6,9,12,14H2,1-2H3/t18-,23+/m0/s1. The summed E-state index contributed by atoms with van der Waals surface area (Å²) in [5.74, 6) is -0.512. The molecule has 4 heterocycles. The highest BCUT2D eigenvalue weighted by Gasteiger charge is 2.39. The Morgan fingerprint density at radius 3 is 2.79 bits per heavy atom. The van der Waals surface area contributed by atoms with Gasteiger partial charge in [0, 0.05) is 47.6 Å². The van der Waals surface area contributed by atoms with E-state index in [0.717, 1.165) is 53.7 Å². The fraction of sp³-hybridized carbons (Fsp3) is 0.375. The molecule has 0 spiro atoms. The molecule has 6 nitrogen and oxygen atoms in total. The van der Waals surface area contributed by atoms with Crippen molar-refractivity contribution in [3.8, 4) is 11.1 Å². The number of halogens is 3. The Balaban J connectivity index is 1.45. The Kier molecular flexibility index (Phi) is 5.65. The number of aromatic nitrogens is 3. The molecule has 0 amide bonds. The lowest BCUT2D eigenvalue weighted by Crippen LogP contribution is -2.32. The van der Waals surface area contributed by atoms with Crippen molar-refractivity contribution in [2.24, 2.45) is 4.99 Å². The minimum Gasteiger partial charge on any atom is -0.346 e. The van der Waals surface area contributed by atoms with Crippen LogP contribution in [0.5, 0.6) is 0 Å². The normalized spacial score (nSPS) is 19.9. The summed E-state index contributed by atoms with van der Waals surface area (Å²) in [5, 5.41) is 4.43. The molecule has 0 bridgehead atoms. The Labute approximate surface area is 190 Å². The Morgan fingerprint density at radius 2 is 1.97 bits per heavy atom. The van der Waals surface area contributed by atoms with E-state index in [4.69, 9.17) is 0 Å². The number of rotatable bonds is 5. The Morgan fingerprint density at radius 1 is 1.12 bits per heavy atom. The number of likely N-dealkylation sites (tertiary alicyclic amines) is 1. The van der Waals surface area contributed by atoms with E-state index in [1.165, 1.54) is 0 Å². The molecule has 0 aliphatic carbocycles. The molecule has 1 aromatic carbocycles. The van der Waals surface area contributed by atoms with E-state index in [9.17, 15) is 13.2 Å². The molecule has 33 heavy (non-hydrogen) atoms. The predicted octanol–water partition coefficient (Wildman–Crippen LogP) is 3.83. The van der Waals surface area contributed by atoms with Crippen molar-refractivity contribution in [1.29, 1.82) is 0 Å². The zero-order valence-corrected chi connectivity index (χ0v) is 18.5. The van der Waals surface area contributed by atoms with Gasteiger partial charge in [0.05, 0.1) is 37.6 Å². The summed E-state index contributed by atoms with van der Waals surface area (Å²) >= 11 is 0. The van der Waals surface area contributed by atoms with Crippen LogP contribution in [0.25, 0.3) is 11.1 Å². The first-order valence-electron chi connectivity index (χ1n) is 11.0. The van der Waals surface area contributed by atoms with Gasteiger partial charge in [-0.05, 0) is 38.4 Å². The number of alkyl halides is 1. The quantitative estimate of drug-likeness (QED) is 0.588. The van der Waals surface area contributed by atoms with Gasteiger partial charge < -0.3 is 9.80 Å². The van der Waals surface area contributed by atoms with Gasteiger partial charge in [0.1, 0.15) is 23.6 Å². The van der Waals surface area contributed by atoms with Crippen molar-refractivity contribution in [1.82, 2.24) is 24.6 Å². The number of amidine groups is 1. The van der Waals surface area contributed by atoms with E-state index < -0.39 is 23.8 Å². The number of aliphatic imine (C=N–C) groups is 1. The summed E-state index contributed by atoms with van der Waals surface area (Å²) in [6.07, 6.45) is 4.48. The van der Waals surface area contributed by atoms with E-state index in [0.29, 0.717) is 12.4 Å². The van der Waals surface area contributed by atoms with Gasteiger partial charge in [-0.25, -0.2) is 13.2 Å². The maximum Gasteiger partial charge on any atom is 0.133 e. The molecule has 2 atom stereocenters. The fourth-order valence-corrected chi connectivity index (χ4v) is 4.47. The molecule has 0 radical (unpaired) electrons. The topological polar surface area (TPSA) is 49.6 Å². The van der Waals surface area contributed by atoms with E-state index in [-0.39, 0.29) is 18.5 Å². The lowest BCUT2D eigenvalue weighted by Gasteiger charge is -2.27. The summed E-state index contributed by atoms with van der Waals surface area (Å²) in [4.78, 5) is 13.0. The number of pyridine rings is 1. The highest BCUT2D eigenvalue weighted by atomic mass is 19.1. The van der Waals surface area contributed by atoms with Crippen molar-refractivity contribution in [3.05, 3.63) is 71.3 Å². The third-order valence-electron chi connectivity index (χ3n) is 6.17. The van der Waals surface area contributed by atoms with Gasteiger partial charge in [-0.15, -0.1) is 0 Å². The molecular formula is C24H25F3N6.